The van der Waals surface area contributed by atoms with Gasteiger partial charge >= 0.3 is 15.5 Å². The molecule has 0 spiro atoms. The molecule has 1 saturated heterocycles. The van der Waals surface area contributed by atoms with E-state index in [4.69, 9.17) is 4.74 Å². The summed E-state index contributed by atoms with van der Waals surface area (Å²) in [5.41, 5.74) is -5.25. The molecule has 1 heterocycles. The molecule has 0 aromatic carbocycles. The number of nitrogens with zero attached hydrogens (tertiary/aromatic N) is 2. The number of alkyl halides is 3. The second-order valence-electron chi connectivity index (χ2n) is 7.16. The maximum atomic E-state index is 12.6. The minimum Gasteiger partial charge on any atom is -0.378 e. The topological polar surface area (TPSA) is 83.0 Å². The molecule has 2 N–H and O–H groups in total. The SMILES string of the molecule is CCNC(=NCCCOC1CCCC1)NC1CCN(S(=O)(=O)C(F)(F)F)CC1. The van der Waals surface area contributed by atoms with Gasteiger partial charge in [-0.2, -0.15) is 17.5 Å². The van der Waals surface area contributed by atoms with Gasteiger partial charge in [0.15, 0.2) is 5.96 Å². The van der Waals surface area contributed by atoms with E-state index in [0.29, 0.717) is 48.9 Å². The van der Waals surface area contributed by atoms with E-state index in [2.05, 4.69) is 15.6 Å². The number of hydrogen-bond donors (Lipinski definition) is 2. The first kappa shape index (κ1) is 23.2. The normalized spacial score (nSPS) is 21.2. The van der Waals surface area contributed by atoms with Gasteiger partial charge in [0.25, 0.3) is 0 Å². The molecule has 2 rings (SSSR count). The van der Waals surface area contributed by atoms with E-state index in [-0.39, 0.29) is 19.1 Å². The van der Waals surface area contributed by atoms with E-state index in [1.165, 1.54) is 12.8 Å². The number of piperidine rings is 1. The van der Waals surface area contributed by atoms with Gasteiger partial charge in [-0.1, -0.05) is 12.8 Å². The lowest BCUT2D eigenvalue weighted by Crippen LogP contribution is -2.51. The molecule has 28 heavy (non-hydrogen) atoms. The Hall–Kier alpha value is -1.07. The third-order valence-electron chi connectivity index (χ3n) is 5.00. The Morgan fingerprint density at radius 3 is 2.39 bits per heavy atom. The first-order valence-corrected chi connectivity index (χ1v) is 11.4. The zero-order valence-electron chi connectivity index (χ0n) is 16.3. The Kier molecular flexibility index (Phi) is 8.81. The minimum absolute atomic E-state index is 0.118. The largest absolute Gasteiger partial charge is 0.511 e. The van der Waals surface area contributed by atoms with Crippen LogP contribution in [0.15, 0.2) is 4.99 Å². The van der Waals surface area contributed by atoms with Crippen LogP contribution in [0.5, 0.6) is 0 Å². The van der Waals surface area contributed by atoms with Gasteiger partial charge in [-0.3, -0.25) is 4.99 Å². The van der Waals surface area contributed by atoms with Gasteiger partial charge in [0.1, 0.15) is 0 Å². The van der Waals surface area contributed by atoms with Crippen molar-refractivity contribution in [2.24, 2.45) is 4.99 Å². The van der Waals surface area contributed by atoms with Crippen LogP contribution in [0.2, 0.25) is 0 Å². The summed E-state index contributed by atoms with van der Waals surface area (Å²) < 4.78 is 67.2. The highest BCUT2D eigenvalue weighted by molar-refractivity contribution is 7.90. The van der Waals surface area contributed by atoms with Crippen LogP contribution in [-0.2, 0) is 14.8 Å². The van der Waals surface area contributed by atoms with E-state index in [0.717, 1.165) is 19.3 Å². The number of nitrogens with one attached hydrogen (secondary N) is 2. The van der Waals surface area contributed by atoms with Crippen molar-refractivity contribution in [2.75, 3.05) is 32.8 Å². The molecular weight excluding hydrogens is 397 g/mol. The third-order valence-corrected chi connectivity index (χ3v) is 6.63. The summed E-state index contributed by atoms with van der Waals surface area (Å²) in [6, 6.07) is -0.118. The highest BCUT2D eigenvalue weighted by atomic mass is 32.2. The summed E-state index contributed by atoms with van der Waals surface area (Å²) in [7, 11) is -5.24. The molecule has 1 aliphatic carbocycles. The summed E-state index contributed by atoms with van der Waals surface area (Å²) >= 11 is 0. The monoisotopic (exact) mass is 428 g/mol. The van der Waals surface area contributed by atoms with Crippen LogP contribution in [0, 0.1) is 0 Å². The van der Waals surface area contributed by atoms with E-state index < -0.39 is 15.5 Å². The highest BCUT2D eigenvalue weighted by Gasteiger charge is 2.50. The number of aliphatic imine (C=N–C) groups is 1. The first-order valence-electron chi connectivity index (χ1n) is 9.97. The minimum atomic E-state index is -5.25. The van der Waals surface area contributed by atoms with Crippen LogP contribution in [0.1, 0.15) is 51.9 Å². The third kappa shape index (κ3) is 6.77. The fraction of sp³-hybridized carbons (Fsp3) is 0.941. The van der Waals surface area contributed by atoms with Crippen molar-refractivity contribution >= 4 is 16.0 Å². The maximum absolute atomic E-state index is 12.6. The van der Waals surface area contributed by atoms with Gasteiger partial charge in [-0.05, 0) is 39.0 Å². The van der Waals surface area contributed by atoms with Crippen LogP contribution >= 0.6 is 0 Å². The lowest BCUT2D eigenvalue weighted by Gasteiger charge is -2.32. The Morgan fingerprint density at radius 2 is 1.82 bits per heavy atom. The average Bonchev–Trinajstić information content (AvgIpc) is 3.14. The van der Waals surface area contributed by atoms with Crippen molar-refractivity contribution in [3.05, 3.63) is 0 Å². The van der Waals surface area contributed by atoms with Crippen LogP contribution in [-0.4, -0.2) is 69.1 Å². The summed E-state index contributed by atoms with van der Waals surface area (Å²) in [4.78, 5) is 4.48. The Bertz CT molecular complexity index is 599. The molecule has 1 aliphatic heterocycles. The van der Waals surface area contributed by atoms with E-state index in [9.17, 15) is 21.6 Å². The summed E-state index contributed by atoms with van der Waals surface area (Å²) in [6.45, 7) is 3.53. The molecule has 0 bridgehead atoms. The molecule has 0 aromatic rings. The molecule has 164 valence electrons. The quantitative estimate of drug-likeness (QED) is 0.352. The molecule has 0 radical (unpaired) electrons. The van der Waals surface area contributed by atoms with Crippen LogP contribution in [0.25, 0.3) is 0 Å². The molecule has 1 saturated carbocycles. The van der Waals surface area contributed by atoms with Crippen molar-refractivity contribution in [1.82, 2.24) is 14.9 Å². The summed E-state index contributed by atoms with van der Waals surface area (Å²) in [5.74, 6) is 0.598. The van der Waals surface area contributed by atoms with Crippen LogP contribution in [0.3, 0.4) is 0 Å². The summed E-state index contributed by atoms with van der Waals surface area (Å²) in [6.07, 6.45) is 6.52. The number of hydrogen-bond acceptors (Lipinski definition) is 4. The van der Waals surface area contributed by atoms with Crippen molar-refractivity contribution < 1.29 is 26.3 Å². The number of guanidine groups is 1. The Morgan fingerprint density at radius 1 is 1.18 bits per heavy atom. The standard InChI is InChI=1S/C17H31F3N4O3S/c1-2-21-16(22-10-5-13-27-15-6-3-4-7-15)23-14-8-11-24(12-9-14)28(25,26)17(18,19)20/h14-15H,2-13H2,1H3,(H2,21,22,23). The lowest BCUT2D eigenvalue weighted by molar-refractivity contribution is -0.0494. The molecule has 2 aliphatic rings. The lowest BCUT2D eigenvalue weighted by atomic mass is 10.1. The van der Waals surface area contributed by atoms with Gasteiger partial charge in [-0.15, -0.1) is 0 Å². The molecule has 0 amide bonds. The maximum Gasteiger partial charge on any atom is 0.511 e. The number of ether oxygens (including phenoxy) is 1. The van der Waals surface area contributed by atoms with E-state index >= 15 is 0 Å². The molecule has 11 heteroatoms. The predicted molar refractivity (Wildman–Crippen MR) is 102 cm³/mol. The zero-order chi connectivity index (χ0) is 20.6. The second kappa shape index (κ2) is 10.6. The van der Waals surface area contributed by atoms with Gasteiger partial charge in [0.2, 0.25) is 0 Å². The van der Waals surface area contributed by atoms with Crippen molar-refractivity contribution in [1.29, 1.82) is 0 Å². The fourth-order valence-electron chi connectivity index (χ4n) is 3.46. The Balaban J connectivity index is 1.74. The fourth-order valence-corrected chi connectivity index (χ4v) is 4.44. The van der Waals surface area contributed by atoms with Crippen molar-refractivity contribution in [3.8, 4) is 0 Å². The van der Waals surface area contributed by atoms with Crippen LogP contribution < -0.4 is 10.6 Å². The van der Waals surface area contributed by atoms with Crippen LogP contribution in [0.4, 0.5) is 13.2 Å². The Labute approximate surface area is 165 Å². The highest BCUT2D eigenvalue weighted by Crippen LogP contribution is 2.29. The molecule has 7 nitrogen and oxygen atoms in total. The van der Waals surface area contributed by atoms with E-state index in [1.54, 1.807) is 0 Å². The smallest absolute Gasteiger partial charge is 0.378 e. The van der Waals surface area contributed by atoms with Gasteiger partial charge in [0, 0.05) is 38.8 Å². The summed E-state index contributed by atoms with van der Waals surface area (Å²) in [5, 5.41) is 6.31. The van der Waals surface area contributed by atoms with Gasteiger partial charge in [-0.25, -0.2) is 8.42 Å². The second-order valence-corrected chi connectivity index (χ2v) is 9.09. The van der Waals surface area contributed by atoms with E-state index in [1.807, 2.05) is 6.92 Å². The first-order chi connectivity index (χ1) is 13.2. The number of halogens is 3. The van der Waals surface area contributed by atoms with Crippen molar-refractivity contribution in [3.63, 3.8) is 0 Å². The van der Waals surface area contributed by atoms with Gasteiger partial charge < -0.3 is 15.4 Å². The van der Waals surface area contributed by atoms with Gasteiger partial charge in [0.05, 0.1) is 6.10 Å². The molecule has 0 aromatic heterocycles. The predicted octanol–water partition coefficient (Wildman–Crippen LogP) is 2.20. The molecular formula is C17H31F3N4O3S. The van der Waals surface area contributed by atoms with Crippen molar-refractivity contribution in [2.45, 2.75) is 69.5 Å². The molecule has 2 fully saturated rings. The average molecular weight is 429 g/mol. The molecule has 0 unspecified atom stereocenters. The zero-order valence-corrected chi connectivity index (χ0v) is 17.1. The number of rotatable bonds is 8. The molecule has 0 atom stereocenters. The number of sulfonamides is 1.